The zero-order valence-electron chi connectivity index (χ0n) is 36.2. The largest absolute Gasteiger partial charge is 1.00 e. The Morgan fingerprint density at radius 3 is 1.94 bits per heavy atom. The van der Waals surface area contributed by atoms with Crippen molar-refractivity contribution in [3.63, 3.8) is 0 Å². The molecule has 63 heavy (non-hydrogen) atoms. The molecular weight excluding hydrogens is 909 g/mol. The number of nitrogens with one attached hydrogen (secondary N) is 4. The van der Waals surface area contributed by atoms with E-state index in [-0.39, 0.29) is 35.7 Å². The van der Waals surface area contributed by atoms with Crippen LogP contribution in [0.3, 0.4) is 0 Å². The van der Waals surface area contributed by atoms with Crippen molar-refractivity contribution in [3.05, 3.63) is 150 Å². The third-order valence-corrected chi connectivity index (χ3v) is 10.6. The van der Waals surface area contributed by atoms with Gasteiger partial charge in [0.15, 0.2) is 5.71 Å². The van der Waals surface area contributed by atoms with Crippen LogP contribution in [-0.4, -0.2) is 73.6 Å². The number of fused-ring (bicyclic) bond motifs is 2. The molecule has 2 aromatic carbocycles. The first-order chi connectivity index (χ1) is 29.9. The molecule has 16 heteroatoms. The van der Waals surface area contributed by atoms with E-state index in [0.717, 1.165) is 25.9 Å². The van der Waals surface area contributed by atoms with E-state index in [1.807, 2.05) is 0 Å². The highest BCUT2D eigenvalue weighted by Gasteiger charge is 2.26. The van der Waals surface area contributed by atoms with Gasteiger partial charge in [-0.05, 0) is 49.8 Å². The molecular formula is C47H55IN11O4+. The Balaban J connectivity index is 0.000000241. The molecule has 0 bridgehead atoms. The Morgan fingerprint density at radius 1 is 0.762 bits per heavy atom. The molecule has 0 atom stereocenters. The molecule has 3 aromatic heterocycles. The van der Waals surface area contributed by atoms with E-state index in [4.69, 9.17) is 11.1 Å². The third kappa shape index (κ3) is 11.5. The highest BCUT2D eigenvalue weighted by Crippen LogP contribution is 2.34. The molecule has 328 valence electrons. The van der Waals surface area contributed by atoms with Crippen LogP contribution in [0.25, 0.3) is 0 Å². The second-order valence-corrected chi connectivity index (χ2v) is 14.9. The Hall–Kier alpha value is -6.95. The van der Waals surface area contributed by atoms with Crippen molar-refractivity contribution in [1.82, 2.24) is 19.0 Å². The van der Waals surface area contributed by atoms with E-state index in [2.05, 4.69) is 124 Å². The minimum absolute atomic E-state index is 0. The molecule has 5 heterocycles. The van der Waals surface area contributed by atoms with Crippen molar-refractivity contribution in [1.29, 1.82) is 0 Å². The fourth-order valence-electron chi connectivity index (χ4n) is 7.64. The summed E-state index contributed by atoms with van der Waals surface area (Å²) < 4.78 is 7.14. The van der Waals surface area contributed by atoms with Crippen molar-refractivity contribution in [2.45, 2.75) is 33.1 Å². The monoisotopic (exact) mass is 964 g/mol. The molecule has 0 aliphatic carbocycles. The van der Waals surface area contributed by atoms with Crippen molar-refractivity contribution in [2.75, 3.05) is 40.5 Å². The average Bonchev–Trinajstić information content (AvgIpc) is 4.06. The number of aryl methyl sites for hydroxylation is 3. The highest BCUT2D eigenvalue weighted by atomic mass is 127. The fraction of sp³-hybridized carbons (Fsp3) is 0.234. The van der Waals surface area contributed by atoms with Crippen LogP contribution in [0.2, 0.25) is 0 Å². The number of amides is 4. The minimum atomic E-state index is -0.424. The number of anilines is 4. The lowest BCUT2D eigenvalue weighted by atomic mass is 10.1. The Labute approximate surface area is 384 Å². The van der Waals surface area contributed by atoms with Crippen molar-refractivity contribution >= 4 is 64.1 Å². The van der Waals surface area contributed by atoms with E-state index < -0.39 is 11.8 Å². The lowest BCUT2D eigenvalue weighted by Crippen LogP contribution is -3.00. The van der Waals surface area contributed by atoms with Crippen LogP contribution in [-0.2, 0) is 38.8 Å². The molecule has 2 aliphatic rings. The molecule has 8 N–H and O–H groups in total. The number of hydrogen-bond donors (Lipinski definition) is 6. The molecule has 2 aliphatic heterocycles. The summed E-state index contributed by atoms with van der Waals surface area (Å²) in [6.45, 7) is 6.74. The quantitative estimate of drug-likeness (QED) is 0.0230. The number of allylic oxidation sites excluding steroid dienone is 6. The number of rotatable bonds is 15. The number of nitrogens with zero attached hydrogens (tertiary/aromatic N) is 5. The number of likely N-dealkylation sites (N-methyl/N-ethyl adjacent to an activating group) is 1. The average molecular weight is 965 g/mol. The maximum atomic E-state index is 12.8. The van der Waals surface area contributed by atoms with E-state index in [1.54, 1.807) is 59.5 Å². The lowest BCUT2D eigenvalue weighted by molar-refractivity contribution is -0.432. The van der Waals surface area contributed by atoms with Gasteiger partial charge in [0.05, 0.1) is 29.9 Å². The number of hydrogen-bond acceptors (Lipinski definition) is 5. The first kappa shape index (κ1) is 47.1. The summed E-state index contributed by atoms with van der Waals surface area (Å²) in [5.41, 5.74) is 16.0. The predicted octanol–water partition coefficient (Wildman–Crippen LogP) is 1.44. The fourth-order valence-corrected chi connectivity index (χ4v) is 7.64. The maximum absolute atomic E-state index is 12.8. The van der Waals surface area contributed by atoms with Gasteiger partial charge in [0.1, 0.15) is 23.6 Å². The normalized spacial score (nSPS) is 13.3. The molecule has 0 saturated carbocycles. The van der Waals surface area contributed by atoms with Crippen molar-refractivity contribution in [2.24, 2.45) is 26.9 Å². The number of amidine groups is 1. The van der Waals surface area contributed by atoms with Crippen molar-refractivity contribution < 1.29 is 53.1 Å². The van der Waals surface area contributed by atoms with Crippen molar-refractivity contribution in [3.8, 4) is 0 Å². The summed E-state index contributed by atoms with van der Waals surface area (Å²) in [6, 6.07) is 22.0. The summed E-state index contributed by atoms with van der Waals surface area (Å²) in [4.78, 5) is 50.9. The molecule has 0 saturated heterocycles. The van der Waals surface area contributed by atoms with Gasteiger partial charge in [-0.1, -0.05) is 54.6 Å². The van der Waals surface area contributed by atoms with Crippen LogP contribution in [0.4, 0.5) is 28.4 Å². The Kier molecular flexibility index (Phi) is 16.2. The Morgan fingerprint density at radius 2 is 1.33 bits per heavy atom. The summed E-state index contributed by atoms with van der Waals surface area (Å²) in [5, 5.41) is 16.1. The number of aromatic nitrogens is 3. The van der Waals surface area contributed by atoms with Crippen LogP contribution >= 0.6 is 0 Å². The van der Waals surface area contributed by atoms with Gasteiger partial charge < -0.3 is 63.8 Å². The molecule has 5 aromatic rings. The molecule has 15 nitrogen and oxygen atoms in total. The van der Waals surface area contributed by atoms with Gasteiger partial charge in [-0.25, -0.2) is 0 Å². The molecule has 0 fully saturated rings. The molecule has 0 spiro atoms. The second-order valence-electron chi connectivity index (χ2n) is 14.9. The number of carbonyl (C=O) groups excluding carboxylic acids is 4. The Bertz CT molecular complexity index is 2630. The van der Waals surface area contributed by atoms with Gasteiger partial charge in [-0.15, -0.1) is 0 Å². The van der Waals surface area contributed by atoms with E-state index in [1.165, 1.54) is 46.0 Å². The standard InChI is InChI=1S/C25H27N2.C22H27N9O4.HI/c1-3-26-22(18-20-12-8-10-16-24(20)26)14-6-5-7-15-23-19-21-13-9-11-17-25(21)27(23)4-2;1-29-9-13(26-12-32)6-17(29)21(34)28-15-8-18(31(3)11-15)22(35)27-14-7-16(30(2)10-14)20(33)25-5-4-19(23)24;/h5-17H,3-4,18-19H2,1-2H3;6-12H,4-5H2,1-3H3,(H3,23,24)(H,25,33)(H,26,32)(H,27,35)(H,28,34);1H/q+1;;. The van der Waals surface area contributed by atoms with E-state index in [0.29, 0.717) is 53.5 Å². The van der Waals surface area contributed by atoms with Crippen LogP contribution < -0.4 is 61.3 Å². The summed E-state index contributed by atoms with van der Waals surface area (Å²) in [6.07, 6.45) is 18.7. The number of carbonyl (C=O) groups is 4. The molecule has 4 amide bonds. The highest BCUT2D eigenvalue weighted by molar-refractivity contribution is 6.07. The number of para-hydroxylation sites is 2. The first-order valence-corrected chi connectivity index (χ1v) is 20.5. The molecule has 0 unspecified atom stereocenters. The van der Waals surface area contributed by atoms with Gasteiger partial charge in [0.2, 0.25) is 17.9 Å². The second kappa shape index (κ2) is 21.7. The number of benzene rings is 2. The van der Waals surface area contributed by atoms with Crippen LogP contribution in [0.1, 0.15) is 62.9 Å². The van der Waals surface area contributed by atoms with Gasteiger partial charge in [-0.3, -0.25) is 30.3 Å². The third-order valence-electron chi connectivity index (χ3n) is 10.6. The smallest absolute Gasteiger partial charge is 0.272 e. The van der Waals surface area contributed by atoms with Gasteiger partial charge >= 0.3 is 0 Å². The predicted molar refractivity (Wildman–Crippen MR) is 245 cm³/mol. The molecule has 7 rings (SSSR count). The topological polar surface area (TPSA) is 189 Å². The van der Waals surface area contributed by atoms with Gasteiger partial charge in [-0.2, -0.15) is 4.58 Å². The zero-order valence-corrected chi connectivity index (χ0v) is 38.3. The summed E-state index contributed by atoms with van der Waals surface area (Å²) in [5.74, 6) is -0.930. The van der Waals surface area contributed by atoms with Gasteiger partial charge in [0.25, 0.3) is 17.7 Å². The summed E-state index contributed by atoms with van der Waals surface area (Å²) >= 11 is 0. The number of halogens is 1. The maximum Gasteiger partial charge on any atom is 0.272 e. The minimum Gasteiger partial charge on any atom is -1.00 e. The van der Waals surface area contributed by atoms with E-state index in [9.17, 15) is 19.2 Å². The van der Waals surface area contributed by atoms with Gasteiger partial charge in [0, 0.05) is 88.3 Å². The molecule has 0 radical (unpaired) electrons. The number of nitrogens with two attached hydrogens (primary N) is 2. The van der Waals surface area contributed by atoms with Crippen LogP contribution in [0, 0.1) is 0 Å². The lowest BCUT2D eigenvalue weighted by Gasteiger charge is -2.18. The summed E-state index contributed by atoms with van der Waals surface area (Å²) in [7, 11) is 5.03. The SMILES string of the molecule is CCN1/C(=C/C=C/C=C/C2=[N+](CC)c3ccccc3C2)Cc2ccccc21.Cn1cc(NC(=O)c2cc(NC(=O)c3cc(NC=O)cn3C)cn2C)cc1C(=O)NCCC(N)=[NH2+].[I-]. The van der Waals surface area contributed by atoms with Crippen LogP contribution in [0.5, 0.6) is 0 Å². The first-order valence-electron chi connectivity index (χ1n) is 20.5. The van der Waals surface area contributed by atoms with E-state index >= 15 is 0 Å². The van der Waals surface area contributed by atoms with Crippen LogP contribution in [0.15, 0.2) is 121 Å². The zero-order chi connectivity index (χ0) is 44.3.